The fourth-order valence-corrected chi connectivity index (χ4v) is 12.5. The van der Waals surface area contributed by atoms with Crippen molar-refractivity contribution in [2.24, 2.45) is 0 Å². The number of rotatable bonds is 4. The Hall–Kier alpha value is -0.301. The van der Waals surface area contributed by atoms with Gasteiger partial charge in [0.2, 0.25) is 0 Å². The zero-order valence-electron chi connectivity index (χ0n) is 12.5. The molecule has 0 spiro atoms. The summed E-state index contributed by atoms with van der Waals surface area (Å²) in [5, 5.41) is 13.5. The van der Waals surface area contributed by atoms with Gasteiger partial charge in [-0.1, -0.05) is 0 Å². The Morgan fingerprint density at radius 1 is 0.864 bits per heavy atom. The van der Waals surface area contributed by atoms with Crippen molar-refractivity contribution in [3.63, 3.8) is 0 Å². The van der Waals surface area contributed by atoms with Crippen LogP contribution >= 0.6 is 16.1 Å². The molecule has 4 heteroatoms. The molecule has 22 heavy (non-hydrogen) atoms. The molecule has 2 atom stereocenters. The van der Waals surface area contributed by atoms with E-state index in [1.165, 1.54) is 17.0 Å². The first kappa shape index (κ1) is 16.6. The van der Waals surface area contributed by atoms with Crippen LogP contribution in [-0.2, 0) is 0 Å². The Balaban J connectivity index is 1.98. The minimum atomic E-state index is -1.65. The van der Waals surface area contributed by atoms with Crippen LogP contribution in [0.2, 0.25) is 0 Å². The Kier molecular flexibility index (Phi) is 5.65. The van der Waals surface area contributed by atoms with Crippen LogP contribution in [0.4, 0.5) is 0 Å². The topological polar surface area (TPSA) is 20.2 Å². The molecule has 0 amide bonds. The standard InChI is InChI=1S/C18H21OPSSe/c19-17-13-7-8-14-18(17)21-20(22,15-9-3-1-4-10-15)16-11-5-2-6-12-16/h1-6,9-12,17-19H,7-8,13-14H2. The first-order valence-corrected chi connectivity index (χ1v) is 13.3. The second-order valence-corrected chi connectivity index (χ2v) is 16.0. The zero-order valence-corrected chi connectivity index (χ0v) is 15.9. The molecule has 1 nitrogen and oxygen atoms in total. The summed E-state index contributed by atoms with van der Waals surface area (Å²) in [5.74, 6) is 0. The van der Waals surface area contributed by atoms with E-state index >= 15 is 0 Å². The van der Waals surface area contributed by atoms with Gasteiger partial charge < -0.3 is 0 Å². The van der Waals surface area contributed by atoms with Gasteiger partial charge in [0.15, 0.2) is 0 Å². The summed E-state index contributed by atoms with van der Waals surface area (Å²) in [6.45, 7) is 0. The van der Waals surface area contributed by atoms with Gasteiger partial charge in [-0.3, -0.25) is 0 Å². The average molecular weight is 395 g/mol. The molecule has 2 aromatic rings. The molecule has 0 saturated heterocycles. The molecule has 3 rings (SSSR count). The fraction of sp³-hybridized carbons (Fsp3) is 0.333. The third-order valence-electron chi connectivity index (χ3n) is 4.14. The van der Waals surface area contributed by atoms with Gasteiger partial charge in [0.1, 0.15) is 0 Å². The van der Waals surface area contributed by atoms with Gasteiger partial charge in [-0.2, -0.15) is 0 Å². The van der Waals surface area contributed by atoms with Crippen molar-refractivity contribution in [1.29, 1.82) is 0 Å². The summed E-state index contributed by atoms with van der Waals surface area (Å²) in [5.41, 5.74) is 0. The van der Waals surface area contributed by atoms with Crippen LogP contribution in [0.25, 0.3) is 0 Å². The van der Waals surface area contributed by atoms with Gasteiger partial charge in [0, 0.05) is 0 Å². The average Bonchev–Trinajstić information content (AvgIpc) is 2.58. The number of aliphatic hydroxyl groups excluding tert-OH is 1. The normalized spacial score (nSPS) is 22.4. The molecule has 0 heterocycles. The Morgan fingerprint density at radius 3 is 1.86 bits per heavy atom. The van der Waals surface area contributed by atoms with E-state index < -0.39 is 4.71 Å². The van der Waals surface area contributed by atoms with Gasteiger partial charge in [0.05, 0.1) is 0 Å². The van der Waals surface area contributed by atoms with E-state index in [1.807, 2.05) is 11.4 Å². The molecule has 0 aromatic heterocycles. The third kappa shape index (κ3) is 3.61. The maximum absolute atomic E-state index is 10.4. The Bertz CT molecular complexity index is 603. The summed E-state index contributed by atoms with van der Waals surface area (Å²) >= 11 is 5.54. The van der Waals surface area contributed by atoms with E-state index in [0.717, 1.165) is 19.3 Å². The van der Waals surface area contributed by atoms with Gasteiger partial charge in [-0.25, -0.2) is 0 Å². The van der Waals surface area contributed by atoms with Crippen LogP contribution in [0.1, 0.15) is 25.7 Å². The SMILES string of the molecule is OC1CCCCC1SP(=[Se])(c1ccccc1)c1ccccc1. The molecule has 0 bridgehead atoms. The molecule has 1 aliphatic rings. The summed E-state index contributed by atoms with van der Waals surface area (Å²) in [6.07, 6.45) is 4.29. The van der Waals surface area contributed by atoms with Gasteiger partial charge in [-0.05, 0) is 0 Å². The third-order valence-corrected chi connectivity index (χ3v) is 14.5. The molecule has 116 valence electrons. The Labute approximate surface area is 144 Å². The number of hydrogen-bond donors (Lipinski definition) is 1. The van der Waals surface area contributed by atoms with Crippen LogP contribution in [-0.4, -0.2) is 31.6 Å². The van der Waals surface area contributed by atoms with E-state index in [9.17, 15) is 5.11 Å². The van der Waals surface area contributed by atoms with Crippen molar-refractivity contribution in [3.05, 3.63) is 60.7 Å². The fourth-order valence-electron chi connectivity index (χ4n) is 2.91. The van der Waals surface area contributed by atoms with Crippen molar-refractivity contribution in [1.82, 2.24) is 0 Å². The van der Waals surface area contributed by atoms with Gasteiger partial charge >= 0.3 is 145 Å². The summed E-state index contributed by atoms with van der Waals surface area (Å²) in [7, 11) is 0. The number of hydrogen-bond acceptors (Lipinski definition) is 2. The zero-order chi connectivity index (χ0) is 15.4. The molecule has 1 aliphatic carbocycles. The molecule has 0 radical (unpaired) electrons. The molecule has 1 fully saturated rings. The predicted octanol–water partition coefficient (Wildman–Crippen LogP) is 3.69. The first-order chi connectivity index (χ1) is 10.7. The molecule has 2 unspecified atom stereocenters. The van der Waals surface area contributed by atoms with Crippen LogP contribution in [0, 0.1) is 0 Å². The predicted molar refractivity (Wildman–Crippen MR) is 101 cm³/mol. The second kappa shape index (κ2) is 7.51. The van der Waals surface area contributed by atoms with E-state index in [1.54, 1.807) is 0 Å². The van der Waals surface area contributed by atoms with E-state index in [0.29, 0.717) is 5.25 Å². The number of aliphatic hydroxyl groups is 1. The molecule has 1 N–H and O–H groups in total. The van der Waals surface area contributed by atoms with Crippen LogP contribution in [0.15, 0.2) is 60.7 Å². The molecular formula is C18H21OPSSe. The van der Waals surface area contributed by atoms with Crippen molar-refractivity contribution in [2.75, 3.05) is 0 Å². The second-order valence-electron chi connectivity index (χ2n) is 5.72. The van der Waals surface area contributed by atoms with Crippen molar-refractivity contribution in [3.8, 4) is 0 Å². The number of benzene rings is 2. The van der Waals surface area contributed by atoms with E-state index in [-0.39, 0.29) is 6.10 Å². The minimum absolute atomic E-state index is 0.168. The van der Waals surface area contributed by atoms with Gasteiger partial charge in [-0.15, -0.1) is 0 Å². The van der Waals surface area contributed by atoms with Gasteiger partial charge in [0.25, 0.3) is 0 Å². The summed E-state index contributed by atoms with van der Waals surface area (Å²) in [4.78, 5) is 0. The first-order valence-electron chi connectivity index (χ1n) is 7.78. The van der Waals surface area contributed by atoms with Crippen molar-refractivity contribution < 1.29 is 5.11 Å². The van der Waals surface area contributed by atoms with Crippen LogP contribution < -0.4 is 10.6 Å². The summed E-state index contributed by atoms with van der Waals surface area (Å²) in [6, 6.07) is 21.5. The quantitative estimate of drug-likeness (QED) is 0.630. The van der Waals surface area contributed by atoms with Crippen LogP contribution in [0.5, 0.6) is 0 Å². The molecule has 0 aliphatic heterocycles. The molecule has 1 saturated carbocycles. The Morgan fingerprint density at radius 2 is 1.36 bits per heavy atom. The molecular weight excluding hydrogens is 374 g/mol. The van der Waals surface area contributed by atoms with Crippen LogP contribution in [0.3, 0.4) is 0 Å². The van der Waals surface area contributed by atoms with E-state index in [4.69, 9.17) is 0 Å². The van der Waals surface area contributed by atoms with Crippen molar-refractivity contribution in [2.45, 2.75) is 37.0 Å². The van der Waals surface area contributed by atoms with Crippen molar-refractivity contribution >= 4 is 41.8 Å². The monoisotopic (exact) mass is 396 g/mol. The molecule has 2 aromatic carbocycles. The summed E-state index contributed by atoms with van der Waals surface area (Å²) < 4.78 is -1.65. The maximum atomic E-state index is 10.4. The van der Waals surface area contributed by atoms with E-state index in [2.05, 4.69) is 75.8 Å².